The molecule has 0 fully saturated rings. The summed E-state index contributed by atoms with van der Waals surface area (Å²) in [7, 11) is 0. The molecule has 0 saturated heterocycles. The summed E-state index contributed by atoms with van der Waals surface area (Å²) in [5.41, 5.74) is 0.765. The molecule has 204 valence electrons. The number of hydrogen-bond acceptors (Lipinski definition) is 4. The average molecular weight is 504 g/mol. The van der Waals surface area contributed by atoms with Crippen molar-refractivity contribution in [3.63, 3.8) is 0 Å². The molecular formula is C29H49N3O4. The number of hydrogen-bond donors (Lipinski definition) is 2. The van der Waals surface area contributed by atoms with Crippen LogP contribution in [-0.4, -0.2) is 45.5 Å². The number of carbonyl (C=O) groups excluding carboxylic acids is 3. The van der Waals surface area contributed by atoms with Crippen molar-refractivity contribution in [2.24, 2.45) is 5.92 Å². The van der Waals surface area contributed by atoms with E-state index in [2.05, 4.69) is 10.6 Å². The molecule has 0 aliphatic rings. The molecule has 0 spiro atoms. The third-order valence-electron chi connectivity index (χ3n) is 6.18. The maximum Gasteiger partial charge on any atom is 0.408 e. The van der Waals surface area contributed by atoms with E-state index in [0.717, 1.165) is 16.7 Å². The van der Waals surface area contributed by atoms with Crippen LogP contribution in [-0.2, 0) is 14.3 Å². The molecule has 0 aliphatic carbocycles. The highest BCUT2D eigenvalue weighted by Gasteiger charge is 2.45. The number of nitrogens with zero attached hydrogens (tertiary/aromatic N) is 1. The van der Waals surface area contributed by atoms with Gasteiger partial charge in [0.2, 0.25) is 11.8 Å². The summed E-state index contributed by atoms with van der Waals surface area (Å²) in [6, 6.07) is 4.11. The Morgan fingerprint density at radius 3 is 1.83 bits per heavy atom. The van der Waals surface area contributed by atoms with Crippen molar-refractivity contribution < 1.29 is 19.1 Å². The second-order valence-electron chi connectivity index (χ2n) is 12.7. The highest BCUT2D eigenvalue weighted by Crippen LogP contribution is 2.36. The predicted molar refractivity (Wildman–Crippen MR) is 146 cm³/mol. The van der Waals surface area contributed by atoms with Crippen LogP contribution < -0.4 is 10.6 Å². The van der Waals surface area contributed by atoms with Crippen molar-refractivity contribution in [1.82, 2.24) is 15.5 Å². The number of carbonyl (C=O) groups is 3. The van der Waals surface area contributed by atoms with Crippen LogP contribution in [0.15, 0.2) is 18.2 Å². The van der Waals surface area contributed by atoms with Crippen LogP contribution in [0, 0.1) is 19.8 Å². The molecule has 2 unspecified atom stereocenters. The van der Waals surface area contributed by atoms with Gasteiger partial charge in [-0.05, 0) is 98.3 Å². The van der Waals surface area contributed by atoms with Crippen LogP contribution in [0.4, 0.5) is 4.79 Å². The van der Waals surface area contributed by atoms with Crippen LogP contribution >= 0.6 is 0 Å². The van der Waals surface area contributed by atoms with Gasteiger partial charge in [-0.25, -0.2) is 4.79 Å². The maximum absolute atomic E-state index is 14.4. The summed E-state index contributed by atoms with van der Waals surface area (Å²) in [4.78, 5) is 42.7. The number of aryl methyl sites for hydroxylation is 2. The number of amides is 3. The summed E-state index contributed by atoms with van der Waals surface area (Å²) < 4.78 is 5.46. The molecule has 2 N–H and O–H groups in total. The van der Waals surface area contributed by atoms with Gasteiger partial charge in [0.15, 0.2) is 0 Å². The fourth-order valence-corrected chi connectivity index (χ4v) is 4.12. The molecule has 3 amide bonds. The van der Waals surface area contributed by atoms with Gasteiger partial charge >= 0.3 is 6.09 Å². The Bertz CT molecular complexity index is 919. The molecule has 0 saturated carbocycles. The fraction of sp³-hybridized carbons (Fsp3) is 0.690. The van der Waals surface area contributed by atoms with Gasteiger partial charge in [0.25, 0.3) is 0 Å². The lowest BCUT2D eigenvalue weighted by molar-refractivity contribution is -0.150. The first-order valence-corrected chi connectivity index (χ1v) is 12.9. The van der Waals surface area contributed by atoms with Crippen molar-refractivity contribution in [1.29, 1.82) is 0 Å². The Balaban J connectivity index is 3.78. The highest BCUT2D eigenvalue weighted by molar-refractivity contribution is 5.93. The number of rotatable bonds is 8. The zero-order valence-electron chi connectivity index (χ0n) is 24.8. The normalized spacial score (nSPS) is 14.2. The number of nitrogens with one attached hydrogen (secondary N) is 2. The molecule has 1 aromatic rings. The second-order valence-corrected chi connectivity index (χ2v) is 12.7. The SMILES string of the molecule is CCC(C)(C)N(C(=O)C(NC(=O)OC(C)(C)C)C(C)C)C(C(=O)NC(C)(C)C)c1c(C)cccc1C. The standard InChI is InChI=1S/C29H49N3O4/c1-14-29(12,13)32(25(34)22(18(2)3)30-26(35)36-28(9,10)11)23(24(33)31-27(6,7)8)21-19(4)16-15-17-20(21)5/h15-18,22-23H,14H2,1-13H3,(H,30,35)(H,31,33). The van der Waals surface area contributed by atoms with E-state index in [1.54, 1.807) is 25.7 Å². The van der Waals surface area contributed by atoms with Crippen molar-refractivity contribution in [2.75, 3.05) is 0 Å². The molecular weight excluding hydrogens is 454 g/mol. The third kappa shape index (κ3) is 8.52. The van der Waals surface area contributed by atoms with Crippen molar-refractivity contribution in [3.05, 3.63) is 34.9 Å². The molecule has 7 heteroatoms. The minimum absolute atomic E-state index is 0.232. The van der Waals surface area contributed by atoms with Gasteiger partial charge < -0.3 is 20.3 Å². The lowest BCUT2D eigenvalue weighted by Gasteiger charge is -2.46. The highest BCUT2D eigenvalue weighted by atomic mass is 16.6. The van der Waals surface area contributed by atoms with Crippen LogP contribution in [0.2, 0.25) is 0 Å². The molecule has 0 heterocycles. The molecule has 36 heavy (non-hydrogen) atoms. The second kappa shape index (κ2) is 11.7. The molecule has 2 atom stereocenters. The van der Waals surface area contributed by atoms with Crippen molar-refractivity contribution >= 4 is 17.9 Å². The van der Waals surface area contributed by atoms with E-state index in [4.69, 9.17) is 4.74 Å². The Kier molecular flexibility index (Phi) is 10.2. The van der Waals surface area contributed by atoms with Gasteiger partial charge in [-0.1, -0.05) is 39.0 Å². The van der Waals surface area contributed by atoms with Gasteiger partial charge in [-0.3, -0.25) is 9.59 Å². The van der Waals surface area contributed by atoms with E-state index in [0.29, 0.717) is 6.42 Å². The average Bonchev–Trinajstić information content (AvgIpc) is 2.67. The van der Waals surface area contributed by atoms with E-state index in [9.17, 15) is 14.4 Å². The largest absolute Gasteiger partial charge is 0.444 e. The van der Waals surface area contributed by atoms with Gasteiger partial charge in [0.1, 0.15) is 17.7 Å². The first-order chi connectivity index (χ1) is 16.2. The van der Waals surface area contributed by atoms with Crippen LogP contribution in [0.25, 0.3) is 0 Å². The zero-order chi connectivity index (χ0) is 28.2. The molecule has 7 nitrogen and oxygen atoms in total. The molecule has 0 aliphatic heterocycles. The Labute approximate surface area is 218 Å². The fourth-order valence-electron chi connectivity index (χ4n) is 4.12. The molecule has 0 radical (unpaired) electrons. The Morgan fingerprint density at radius 2 is 1.44 bits per heavy atom. The Morgan fingerprint density at radius 1 is 0.944 bits per heavy atom. The molecule has 0 aromatic heterocycles. The van der Waals surface area contributed by atoms with Crippen LogP contribution in [0.1, 0.15) is 105 Å². The van der Waals surface area contributed by atoms with Crippen molar-refractivity contribution in [2.45, 2.75) is 125 Å². The van der Waals surface area contributed by atoms with Crippen LogP contribution in [0.5, 0.6) is 0 Å². The topological polar surface area (TPSA) is 87.7 Å². The maximum atomic E-state index is 14.4. The summed E-state index contributed by atoms with van der Waals surface area (Å²) >= 11 is 0. The van der Waals surface area contributed by atoms with E-state index in [-0.39, 0.29) is 17.7 Å². The quantitative estimate of drug-likeness (QED) is 0.467. The van der Waals surface area contributed by atoms with E-state index in [1.807, 2.05) is 87.4 Å². The molecule has 1 aromatic carbocycles. The number of ether oxygens (including phenoxy) is 1. The summed E-state index contributed by atoms with van der Waals surface area (Å²) in [6.07, 6.45) is -0.0493. The first-order valence-electron chi connectivity index (χ1n) is 12.9. The predicted octanol–water partition coefficient (Wildman–Crippen LogP) is 5.83. The minimum atomic E-state index is -0.880. The first kappa shape index (κ1) is 31.5. The monoisotopic (exact) mass is 503 g/mol. The summed E-state index contributed by atoms with van der Waals surface area (Å²) in [5.74, 6) is -0.807. The van der Waals surface area contributed by atoms with Gasteiger partial charge in [-0.15, -0.1) is 0 Å². The van der Waals surface area contributed by atoms with E-state index >= 15 is 0 Å². The summed E-state index contributed by atoms with van der Waals surface area (Å²) in [6.45, 7) is 24.7. The lowest BCUT2D eigenvalue weighted by atomic mass is 9.87. The zero-order valence-corrected chi connectivity index (χ0v) is 24.8. The van der Waals surface area contributed by atoms with E-state index < -0.39 is 34.9 Å². The summed E-state index contributed by atoms with van der Waals surface area (Å²) in [5, 5.41) is 5.89. The number of alkyl carbamates (subject to hydrolysis) is 1. The van der Waals surface area contributed by atoms with Crippen LogP contribution in [0.3, 0.4) is 0 Å². The van der Waals surface area contributed by atoms with Crippen molar-refractivity contribution in [3.8, 4) is 0 Å². The van der Waals surface area contributed by atoms with Gasteiger partial charge in [-0.2, -0.15) is 0 Å². The number of benzene rings is 1. The van der Waals surface area contributed by atoms with E-state index in [1.165, 1.54) is 0 Å². The van der Waals surface area contributed by atoms with Gasteiger partial charge in [0.05, 0.1) is 0 Å². The smallest absolute Gasteiger partial charge is 0.408 e. The van der Waals surface area contributed by atoms with Gasteiger partial charge in [0, 0.05) is 11.1 Å². The lowest BCUT2D eigenvalue weighted by Crippen LogP contribution is -2.61. The third-order valence-corrected chi connectivity index (χ3v) is 6.18. The molecule has 1 rings (SSSR count). The molecule has 0 bridgehead atoms. The minimum Gasteiger partial charge on any atom is -0.444 e. The Hall–Kier alpha value is -2.57.